The predicted octanol–water partition coefficient (Wildman–Crippen LogP) is 4.07. The van der Waals surface area contributed by atoms with Crippen LogP contribution >= 0.6 is 0 Å². The fraction of sp³-hybridized carbons (Fsp3) is 0.200. The molecule has 4 nitrogen and oxygen atoms in total. The first-order chi connectivity index (χ1) is 12.8. The van der Waals surface area contributed by atoms with E-state index >= 15 is 0 Å². The SMILES string of the molecule is CCCOc1c(-c2cccc(C(F)(F)F)c2)nc2ccccc2c1C(=O)[O-]. The summed E-state index contributed by atoms with van der Waals surface area (Å²) in [6, 6.07) is 11.0. The average molecular weight is 374 g/mol. The molecule has 0 aliphatic rings. The van der Waals surface area contributed by atoms with Crippen LogP contribution in [-0.4, -0.2) is 17.6 Å². The van der Waals surface area contributed by atoms with Gasteiger partial charge in [-0.05, 0) is 24.6 Å². The van der Waals surface area contributed by atoms with E-state index in [4.69, 9.17) is 4.74 Å². The van der Waals surface area contributed by atoms with Crippen molar-refractivity contribution < 1.29 is 27.8 Å². The van der Waals surface area contributed by atoms with E-state index < -0.39 is 17.7 Å². The first kappa shape index (κ1) is 18.7. The Balaban J connectivity index is 2.33. The molecule has 0 bridgehead atoms. The Morgan fingerprint density at radius 2 is 1.89 bits per heavy atom. The molecular formula is C20H15F3NO3-. The summed E-state index contributed by atoms with van der Waals surface area (Å²) >= 11 is 0. The van der Waals surface area contributed by atoms with Crippen molar-refractivity contribution in [2.75, 3.05) is 6.61 Å². The molecule has 0 amide bonds. The van der Waals surface area contributed by atoms with Gasteiger partial charge in [-0.25, -0.2) is 4.98 Å². The number of aromatic carboxylic acids is 1. The van der Waals surface area contributed by atoms with Gasteiger partial charge in [-0.3, -0.25) is 0 Å². The number of hydrogen-bond donors (Lipinski definition) is 0. The number of rotatable bonds is 5. The Bertz CT molecular complexity index is 999. The molecule has 3 aromatic rings. The van der Waals surface area contributed by atoms with E-state index in [1.54, 1.807) is 24.3 Å². The molecule has 140 valence electrons. The Kier molecular flexibility index (Phi) is 5.03. The van der Waals surface area contributed by atoms with Crippen LogP contribution in [0.5, 0.6) is 5.75 Å². The summed E-state index contributed by atoms with van der Waals surface area (Å²) in [7, 11) is 0. The van der Waals surface area contributed by atoms with Crippen LogP contribution in [0.1, 0.15) is 29.3 Å². The lowest BCUT2D eigenvalue weighted by Gasteiger charge is -2.19. The van der Waals surface area contributed by atoms with Gasteiger partial charge in [-0.2, -0.15) is 13.2 Å². The fourth-order valence-electron chi connectivity index (χ4n) is 2.78. The number of carboxylic acids is 1. The molecule has 0 saturated heterocycles. The van der Waals surface area contributed by atoms with Crippen molar-refractivity contribution in [2.24, 2.45) is 0 Å². The minimum Gasteiger partial charge on any atom is -0.545 e. The molecule has 0 aliphatic carbocycles. The molecule has 0 N–H and O–H groups in total. The van der Waals surface area contributed by atoms with Crippen molar-refractivity contribution in [3.05, 3.63) is 59.7 Å². The lowest BCUT2D eigenvalue weighted by Crippen LogP contribution is -2.24. The first-order valence-electron chi connectivity index (χ1n) is 8.27. The maximum Gasteiger partial charge on any atom is 0.416 e. The van der Waals surface area contributed by atoms with Crippen molar-refractivity contribution in [3.8, 4) is 17.0 Å². The number of nitrogens with zero attached hydrogens (tertiary/aromatic N) is 1. The van der Waals surface area contributed by atoms with Crippen LogP contribution in [0.15, 0.2) is 48.5 Å². The summed E-state index contributed by atoms with van der Waals surface area (Å²) in [5.41, 5.74) is -0.600. The zero-order valence-electron chi connectivity index (χ0n) is 14.3. The second kappa shape index (κ2) is 7.26. The molecule has 0 fully saturated rings. The second-order valence-corrected chi connectivity index (χ2v) is 5.90. The topological polar surface area (TPSA) is 62.2 Å². The quantitative estimate of drug-likeness (QED) is 0.675. The van der Waals surface area contributed by atoms with Gasteiger partial charge < -0.3 is 14.6 Å². The lowest BCUT2D eigenvalue weighted by molar-refractivity contribution is -0.254. The molecule has 0 unspecified atom stereocenters. The predicted molar refractivity (Wildman–Crippen MR) is 92.3 cm³/mol. The number of aromatic nitrogens is 1. The van der Waals surface area contributed by atoms with Crippen LogP contribution in [0.2, 0.25) is 0 Å². The number of fused-ring (bicyclic) bond motifs is 1. The summed E-state index contributed by atoms with van der Waals surface area (Å²) in [6.45, 7) is 2.02. The van der Waals surface area contributed by atoms with E-state index in [-0.39, 0.29) is 29.2 Å². The van der Waals surface area contributed by atoms with E-state index in [9.17, 15) is 23.1 Å². The van der Waals surface area contributed by atoms with Gasteiger partial charge in [-0.15, -0.1) is 0 Å². The Morgan fingerprint density at radius 3 is 2.56 bits per heavy atom. The van der Waals surface area contributed by atoms with E-state index in [0.717, 1.165) is 12.1 Å². The number of pyridine rings is 1. The molecule has 0 aliphatic heterocycles. The number of carbonyl (C=O) groups is 1. The van der Waals surface area contributed by atoms with Crippen LogP contribution in [-0.2, 0) is 6.18 Å². The molecule has 1 aromatic heterocycles. The molecule has 3 rings (SSSR count). The third-order valence-electron chi connectivity index (χ3n) is 3.97. The maximum atomic E-state index is 13.1. The largest absolute Gasteiger partial charge is 0.545 e. The number of carbonyl (C=O) groups excluding carboxylic acids is 1. The number of ether oxygens (including phenoxy) is 1. The molecule has 0 saturated carbocycles. The maximum absolute atomic E-state index is 13.1. The van der Waals surface area contributed by atoms with Crippen molar-refractivity contribution in [1.82, 2.24) is 4.98 Å². The number of halogens is 3. The Morgan fingerprint density at radius 1 is 1.15 bits per heavy atom. The lowest BCUT2D eigenvalue weighted by atomic mass is 10.0. The van der Waals surface area contributed by atoms with Crippen LogP contribution in [0, 0.1) is 0 Å². The highest BCUT2D eigenvalue weighted by Crippen LogP contribution is 2.38. The van der Waals surface area contributed by atoms with Crippen LogP contribution in [0.25, 0.3) is 22.2 Å². The third-order valence-corrected chi connectivity index (χ3v) is 3.97. The van der Waals surface area contributed by atoms with Crippen molar-refractivity contribution in [1.29, 1.82) is 0 Å². The van der Waals surface area contributed by atoms with Crippen LogP contribution in [0.3, 0.4) is 0 Å². The monoisotopic (exact) mass is 374 g/mol. The normalized spacial score (nSPS) is 11.6. The van der Waals surface area contributed by atoms with Crippen molar-refractivity contribution >= 4 is 16.9 Å². The highest BCUT2D eigenvalue weighted by Gasteiger charge is 2.31. The fourth-order valence-corrected chi connectivity index (χ4v) is 2.78. The zero-order valence-corrected chi connectivity index (χ0v) is 14.3. The van der Waals surface area contributed by atoms with Gasteiger partial charge in [-0.1, -0.05) is 37.3 Å². The number of alkyl halides is 3. The van der Waals surface area contributed by atoms with Gasteiger partial charge >= 0.3 is 6.18 Å². The first-order valence-corrected chi connectivity index (χ1v) is 8.27. The van der Waals surface area contributed by atoms with Crippen LogP contribution in [0.4, 0.5) is 13.2 Å². The molecule has 27 heavy (non-hydrogen) atoms. The van der Waals surface area contributed by atoms with Crippen molar-refractivity contribution in [3.63, 3.8) is 0 Å². The molecular weight excluding hydrogens is 359 g/mol. The smallest absolute Gasteiger partial charge is 0.416 e. The van der Waals surface area contributed by atoms with E-state index in [2.05, 4.69) is 4.98 Å². The highest BCUT2D eigenvalue weighted by atomic mass is 19.4. The van der Waals surface area contributed by atoms with E-state index in [0.29, 0.717) is 17.3 Å². The average Bonchev–Trinajstić information content (AvgIpc) is 2.64. The van der Waals surface area contributed by atoms with Gasteiger partial charge in [0.25, 0.3) is 0 Å². The molecule has 2 aromatic carbocycles. The van der Waals surface area contributed by atoms with E-state index in [1.165, 1.54) is 12.1 Å². The van der Waals surface area contributed by atoms with Gasteiger partial charge in [0.15, 0.2) is 5.75 Å². The zero-order chi connectivity index (χ0) is 19.6. The van der Waals surface area contributed by atoms with Gasteiger partial charge in [0.2, 0.25) is 0 Å². The summed E-state index contributed by atoms with van der Waals surface area (Å²) in [4.78, 5) is 16.2. The standard InChI is InChI=1S/C20H16F3NO3/c1-2-10-27-18-16(19(25)26)14-8-3-4-9-15(14)24-17(18)12-6-5-7-13(11-12)20(21,22)23/h3-9,11H,2,10H2,1H3,(H,25,26)/p-1. The highest BCUT2D eigenvalue weighted by molar-refractivity contribution is 6.06. The van der Waals surface area contributed by atoms with Crippen molar-refractivity contribution in [2.45, 2.75) is 19.5 Å². The number of benzene rings is 2. The summed E-state index contributed by atoms with van der Waals surface area (Å²) in [5, 5.41) is 12.1. The van der Waals surface area contributed by atoms with Gasteiger partial charge in [0, 0.05) is 10.9 Å². The number of hydrogen-bond acceptors (Lipinski definition) is 4. The third kappa shape index (κ3) is 3.72. The molecule has 0 radical (unpaired) electrons. The summed E-state index contributed by atoms with van der Waals surface area (Å²) < 4.78 is 44.9. The molecule has 7 heteroatoms. The Hall–Kier alpha value is -3.09. The number of para-hydroxylation sites is 1. The molecule has 1 heterocycles. The van der Waals surface area contributed by atoms with E-state index in [1.807, 2.05) is 6.92 Å². The minimum atomic E-state index is -4.53. The van der Waals surface area contributed by atoms with Gasteiger partial charge in [0.05, 0.1) is 29.2 Å². The molecule has 0 spiro atoms. The Labute approximate surface area is 153 Å². The number of carboxylic acid groups (broad SMARTS) is 1. The molecule has 0 atom stereocenters. The van der Waals surface area contributed by atoms with Gasteiger partial charge in [0.1, 0.15) is 5.69 Å². The minimum absolute atomic E-state index is 0.0347. The second-order valence-electron chi connectivity index (χ2n) is 5.90. The van der Waals surface area contributed by atoms with Crippen LogP contribution < -0.4 is 9.84 Å². The summed E-state index contributed by atoms with van der Waals surface area (Å²) in [5.74, 6) is -1.57. The summed E-state index contributed by atoms with van der Waals surface area (Å²) in [6.07, 6.45) is -3.95.